The Morgan fingerprint density at radius 3 is 2.19 bits per heavy atom. The Kier molecular flexibility index (Phi) is 9.82. The molecular weight excluding hydrogens is 418 g/mol. The molecule has 0 aliphatic heterocycles. The third-order valence-corrected chi connectivity index (χ3v) is 5.34. The summed E-state index contributed by atoms with van der Waals surface area (Å²) in [6.45, 7) is 6.95. The van der Waals surface area contributed by atoms with Crippen LogP contribution >= 0.6 is 11.6 Å². The molecule has 168 valence electrons. The van der Waals surface area contributed by atoms with Gasteiger partial charge in [-0.25, -0.2) is 4.79 Å². The lowest BCUT2D eigenvalue weighted by atomic mass is 9.91. The molecule has 0 aliphatic carbocycles. The summed E-state index contributed by atoms with van der Waals surface area (Å²) in [5.41, 5.74) is 1.86. The molecule has 6 nitrogen and oxygen atoms in total. The number of likely N-dealkylation sites (N-methyl/N-ethyl adjacent to an activating group) is 1. The molecule has 2 aromatic carbocycles. The Labute approximate surface area is 188 Å². The van der Waals surface area contributed by atoms with Gasteiger partial charge in [-0.1, -0.05) is 42.8 Å². The predicted octanol–water partition coefficient (Wildman–Crippen LogP) is 4.75. The molecule has 1 unspecified atom stereocenters. The van der Waals surface area contributed by atoms with Gasteiger partial charge < -0.3 is 19.5 Å². The number of carboxylic acid groups (broad SMARTS) is 1. The number of hydrogen-bond donors (Lipinski definition) is 1. The molecule has 7 heteroatoms. The average Bonchev–Trinajstić information content (AvgIpc) is 2.77. The van der Waals surface area contributed by atoms with E-state index in [1.165, 1.54) is 0 Å². The third kappa shape index (κ3) is 7.26. The van der Waals surface area contributed by atoms with Gasteiger partial charge in [0.05, 0.1) is 0 Å². The zero-order chi connectivity index (χ0) is 22.8. The number of halogens is 1. The molecule has 0 aliphatic rings. The van der Waals surface area contributed by atoms with E-state index < -0.39 is 12.1 Å². The molecule has 2 atom stereocenters. The van der Waals surface area contributed by atoms with Crippen molar-refractivity contribution in [3.63, 3.8) is 0 Å². The van der Waals surface area contributed by atoms with Crippen LogP contribution in [0.15, 0.2) is 48.5 Å². The number of hydrogen-bond acceptors (Lipinski definition) is 4. The Morgan fingerprint density at radius 1 is 1.03 bits per heavy atom. The fourth-order valence-corrected chi connectivity index (χ4v) is 3.52. The largest absolute Gasteiger partial charge is 0.484 e. The molecule has 0 aromatic heterocycles. The van der Waals surface area contributed by atoms with Crippen LogP contribution in [-0.4, -0.2) is 47.7 Å². The minimum Gasteiger partial charge on any atom is -0.484 e. The highest BCUT2D eigenvalue weighted by Crippen LogP contribution is 2.27. The number of amides is 1. The predicted molar refractivity (Wildman–Crippen MR) is 121 cm³/mol. The van der Waals surface area contributed by atoms with Gasteiger partial charge in [-0.2, -0.15) is 0 Å². The van der Waals surface area contributed by atoms with E-state index in [9.17, 15) is 14.7 Å². The Hall–Kier alpha value is -2.57. The second-order valence-electron chi connectivity index (χ2n) is 7.12. The lowest BCUT2D eigenvalue weighted by molar-refractivity contribution is -0.151. The first-order chi connectivity index (χ1) is 14.9. The van der Waals surface area contributed by atoms with Crippen LogP contribution in [0.4, 0.5) is 0 Å². The van der Waals surface area contributed by atoms with E-state index in [1.807, 2.05) is 38.1 Å². The summed E-state index contributed by atoms with van der Waals surface area (Å²) in [6, 6.07) is 14.6. The average molecular weight is 448 g/mol. The normalized spacial score (nSPS) is 12.8. The van der Waals surface area contributed by atoms with Gasteiger partial charge in [0.25, 0.3) is 5.91 Å². The molecule has 1 N–H and O–H groups in total. The summed E-state index contributed by atoms with van der Waals surface area (Å²) >= 11 is 5.91. The van der Waals surface area contributed by atoms with Crippen molar-refractivity contribution in [3.8, 4) is 5.75 Å². The number of rotatable bonds is 12. The van der Waals surface area contributed by atoms with Crippen LogP contribution < -0.4 is 4.74 Å². The van der Waals surface area contributed by atoms with Gasteiger partial charge in [0, 0.05) is 30.6 Å². The molecule has 0 saturated carbocycles. The quantitative estimate of drug-likeness (QED) is 0.508. The summed E-state index contributed by atoms with van der Waals surface area (Å²) < 4.78 is 11.1. The van der Waals surface area contributed by atoms with Gasteiger partial charge in [0.1, 0.15) is 5.75 Å². The minimum atomic E-state index is -0.972. The van der Waals surface area contributed by atoms with Crippen LogP contribution in [0.25, 0.3) is 0 Å². The van der Waals surface area contributed by atoms with Crippen molar-refractivity contribution >= 4 is 23.5 Å². The third-order valence-electron chi connectivity index (χ3n) is 5.09. The van der Waals surface area contributed by atoms with Gasteiger partial charge in [-0.15, -0.1) is 0 Å². The van der Waals surface area contributed by atoms with Crippen LogP contribution in [0.2, 0.25) is 5.02 Å². The number of carbonyl (C=O) groups is 2. The van der Waals surface area contributed by atoms with Crippen molar-refractivity contribution in [2.75, 3.05) is 19.8 Å². The van der Waals surface area contributed by atoms with Gasteiger partial charge in [0.2, 0.25) is 0 Å². The lowest BCUT2D eigenvalue weighted by Crippen LogP contribution is -2.34. The highest BCUT2D eigenvalue weighted by atomic mass is 35.5. The minimum absolute atomic E-state index is 0.0747. The van der Waals surface area contributed by atoms with Gasteiger partial charge in [-0.3, -0.25) is 4.79 Å². The van der Waals surface area contributed by atoms with Gasteiger partial charge >= 0.3 is 5.97 Å². The molecule has 0 fully saturated rings. The Morgan fingerprint density at radius 2 is 1.68 bits per heavy atom. The Balaban J connectivity index is 1.97. The fraction of sp³-hybridized carbons (Fsp3) is 0.417. The second kappa shape index (κ2) is 12.3. The monoisotopic (exact) mass is 447 g/mol. The van der Waals surface area contributed by atoms with Crippen molar-refractivity contribution in [1.29, 1.82) is 0 Å². The second-order valence-corrected chi connectivity index (χ2v) is 7.56. The van der Waals surface area contributed by atoms with Gasteiger partial charge in [0.15, 0.2) is 12.7 Å². The number of carboxylic acids is 1. The first-order valence-electron chi connectivity index (χ1n) is 10.5. The molecule has 2 rings (SSSR count). The maximum Gasteiger partial charge on any atom is 0.333 e. The first-order valence-corrected chi connectivity index (χ1v) is 10.9. The highest BCUT2D eigenvalue weighted by Gasteiger charge is 2.28. The van der Waals surface area contributed by atoms with Crippen LogP contribution in [-0.2, 0) is 20.9 Å². The maximum atomic E-state index is 12.6. The van der Waals surface area contributed by atoms with Crippen molar-refractivity contribution < 1.29 is 24.2 Å². The fourth-order valence-electron chi connectivity index (χ4n) is 3.40. The number of ether oxygens (including phenoxy) is 2. The van der Waals surface area contributed by atoms with Crippen LogP contribution in [0.5, 0.6) is 5.75 Å². The molecule has 1 amide bonds. The van der Waals surface area contributed by atoms with Crippen molar-refractivity contribution in [3.05, 3.63) is 64.7 Å². The smallest absolute Gasteiger partial charge is 0.333 e. The molecule has 0 spiro atoms. The lowest BCUT2D eigenvalue weighted by Gasteiger charge is -2.23. The standard InChI is InChI=1S/C24H30ClNO5/c1-4-21(23(24(28)29)30-6-3)18-9-13-20(14-10-18)31-16-22(27)26(5-2)15-17-7-11-19(25)12-8-17/h7-14,21,23H,4-6,15-16H2,1-3H3,(H,28,29)/t21?,23-/m0/s1. The topological polar surface area (TPSA) is 76.1 Å². The van der Waals surface area contributed by atoms with Gasteiger partial charge in [-0.05, 0) is 55.7 Å². The van der Waals surface area contributed by atoms with E-state index in [1.54, 1.807) is 36.1 Å². The number of nitrogens with zero attached hydrogens (tertiary/aromatic N) is 1. The zero-order valence-electron chi connectivity index (χ0n) is 18.2. The summed E-state index contributed by atoms with van der Waals surface area (Å²) in [6.07, 6.45) is -0.263. The molecule has 0 saturated heterocycles. The summed E-state index contributed by atoms with van der Waals surface area (Å²) in [7, 11) is 0. The molecule has 31 heavy (non-hydrogen) atoms. The molecule has 2 aromatic rings. The van der Waals surface area contributed by atoms with E-state index in [0.29, 0.717) is 36.9 Å². The summed E-state index contributed by atoms with van der Waals surface area (Å²) in [5, 5.41) is 10.1. The molecule has 0 heterocycles. The number of benzene rings is 2. The highest BCUT2D eigenvalue weighted by molar-refractivity contribution is 6.30. The first kappa shape index (κ1) is 24.7. The molecule has 0 bridgehead atoms. The van der Waals surface area contributed by atoms with E-state index >= 15 is 0 Å². The number of carbonyl (C=O) groups excluding carboxylic acids is 1. The van der Waals surface area contributed by atoms with E-state index in [4.69, 9.17) is 21.1 Å². The zero-order valence-corrected chi connectivity index (χ0v) is 19.0. The summed E-state index contributed by atoms with van der Waals surface area (Å²) in [5.74, 6) is -0.795. The van der Waals surface area contributed by atoms with Crippen molar-refractivity contribution in [1.82, 2.24) is 4.90 Å². The SMILES string of the molecule is CCO[C@H](C(=O)O)C(CC)c1ccc(OCC(=O)N(CC)Cc2ccc(Cl)cc2)cc1. The van der Waals surface area contributed by atoms with Crippen molar-refractivity contribution in [2.24, 2.45) is 0 Å². The Bertz CT molecular complexity index is 838. The van der Waals surface area contributed by atoms with Crippen LogP contribution in [0, 0.1) is 0 Å². The van der Waals surface area contributed by atoms with Crippen molar-refractivity contribution in [2.45, 2.75) is 45.8 Å². The van der Waals surface area contributed by atoms with E-state index in [-0.39, 0.29) is 18.4 Å². The van der Waals surface area contributed by atoms with E-state index in [0.717, 1.165) is 11.1 Å². The van der Waals surface area contributed by atoms with E-state index in [2.05, 4.69) is 0 Å². The van der Waals surface area contributed by atoms with Crippen LogP contribution in [0.3, 0.4) is 0 Å². The molecule has 0 radical (unpaired) electrons. The maximum absolute atomic E-state index is 12.6. The molecular formula is C24H30ClNO5. The summed E-state index contributed by atoms with van der Waals surface area (Å²) in [4.78, 5) is 25.8. The number of aliphatic carboxylic acids is 1. The van der Waals surface area contributed by atoms with Crippen LogP contribution in [0.1, 0.15) is 44.2 Å².